The molecule has 0 radical (unpaired) electrons. The Bertz CT molecular complexity index is 1250. The Hall–Kier alpha value is -3.97. The van der Waals surface area contributed by atoms with Gasteiger partial charge in [0.25, 0.3) is 11.8 Å². The number of hydrogen-bond donors (Lipinski definition) is 2. The number of amides is 3. The molecule has 2 N–H and O–H groups in total. The summed E-state index contributed by atoms with van der Waals surface area (Å²) in [5.74, 6) is -3.34. The minimum Gasteiger partial charge on any atom is -0.502 e. The largest absolute Gasteiger partial charge is 0.502 e. The Labute approximate surface area is 204 Å². The average Bonchev–Trinajstić information content (AvgIpc) is 2.85. The Morgan fingerprint density at radius 2 is 1.75 bits per heavy atom. The summed E-state index contributed by atoms with van der Waals surface area (Å²) in [5, 5.41) is 14.2. The first-order valence-corrected chi connectivity index (χ1v) is 11.2. The fraction of sp³-hybridized carbons (Fsp3) is 0.391. The van der Waals surface area contributed by atoms with Gasteiger partial charge in [0.05, 0.1) is 32.8 Å². The SMILES string of the molecule is CN1CN2C(=O)CCOCCOCCOc3cc(F)ccc3CNC(=O)c3cn2c(c(O)c3=O)C1=O. The van der Waals surface area contributed by atoms with Gasteiger partial charge in [0.1, 0.15) is 30.4 Å². The molecule has 0 saturated carbocycles. The van der Waals surface area contributed by atoms with Gasteiger partial charge in [0.2, 0.25) is 11.3 Å². The third kappa shape index (κ3) is 5.16. The molecule has 12 nitrogen and oxygen atoms in total. The molecule has 2 aliphatic rings. The first kappa shape index (κ1) is 25.1. The molecule has 2 aromatic rings. The van der Waals surface area contributed by atoms with Crippen molar-refractivity contribution in [2.24, 2.45) is 0 Å². The van der Waals surface area contributed by atoms with E-state index >= 15 is 0 Å². The summed E-state index contributed by atoms with van der Waals surface area (Å²) in [5.41, 5.74) is -1.56. The number of carbonyl (C=O) groups is 3. The highest BCUT2D eigenvalue weighted by Gasteiger charge is 2.35. The van der Waals surface area contributed by atoms with Crippen LogP contribution >= 0.6 is 0 Å². The average molecular weight is 504 g/mol. The maximum absolute atomic E-state index is 13.8. The molecule has 2 aliphatic heterocycles. The molecule has 3 amide bonds. The van der Waals surface area contributed by atoms with Gasteiger partial charge in [0.15, 0.2) is 11.4 Å². The van der Waals surface area contributed by atoms with Crippen molar-refractivity contribution < 1.29 is 38.1 Å². The van der Waals surface area contributed by atoms with Crippen molar-refractivity contribution in [1.82, 2.24) is 14.9 Å². The summed E-state index contributed by atoms with van der Waals surface area (Å²) in [6.45, 7) is 0.509. The van der Waals surface area contributed by atoms with E-state index in [9.17, 15) is 28.7 Å². The van der Waals surface area contributed by atoms with Crippen LogP contribution in [0.1, 0.15) is 32.8 Å². The van der Waals surface area contributed by atoms with Gasteiger partial charge in [-0.1, -0.05) is 6.07 Å². The number of fused-ring (bicyclic) bond motifs is 2. The van der Waals surface area contributed by atoms with Gasteiger partial charge < -0.3 is 29.5 Å². The summed E-state index contributed by atoms with van der Waals surface area (Å²) in [7, 11) is 1.41. The highest BCUT2D eigenvalue weighted by atomic mass is 19.1. The summed E-state index contributed by atoms with van der Waals surface area (Å²) in [6.07, 6.45) is 0.973. The van der Waals surface area contributed by atoms with E-state index in [0.29, 0.717) is 5.56 Å². The van der Waals surface area contributed by atoms with Gasteiger partial charge in [-0.25, -0.2) is 14.1 Å². The Balaban J connectivity index is 1.71. The van der Waals surface area contributed by atoms with E-state index in [2.05, 4.69) is 5.32 Å². The predicted molar refractivity (Wildman–Crippen MR) is 122 cm³/mol. The molecule has 36 heavy (non-hydrogen) atoms. The summed E-state index contributed by atoms with van der Waals surface area (Å²) in [4.78, 5) is 52.5. The van der Waals surface area contributed by atoms with Crippen LogP contribution in [0.2, 0.25) is 0 Å². The molecule has 192 valence electrons. The molecule has 0 atom stereocenters. The molecule has 1 aromatic carbocycles. The highest BCUT2D eigenvalue weighted by Crippen LogP contribution is 2.22. The molecular formula is C23H25FN4O8. The molecular weight excluding hydrogens is 479 g/mol. The molecule has 0 saturated heterocycles. The Morgan fingerprint density at radius 1 is 1.03 bits per heavy atom. The lowest BCUT2D eigenvalue weighted by molar-refractivity contribution is -0.122. The van der Waals surface area contributed by atoms with E-state index < -0.39 is 46.0 Å². The quantitative estimate of drug-likeness (QED) is 0.509. The van der Waals surface area contributed by atoms with Gasteiger partial charge >= 0.3 is 0 Å². The topological polar surface area (TPSA) is 140 Å². The minimum absolute atomic E-state index is 0.0500. The van der Waals surface area contributed by atoms with Gasteiger partial charge in [-0.2, -0.15) is 0 Å². The lowest BCUT2D eigenvalue weighted by Crippen LogP contribution is -2.55. The smallest absolute Gasteiger partial charge is 0.277 e. The molecule has 0 fully saturated rings. The number of rotatable bonds is 0. The zero-order valence-electron chi connectivity index (χ0n) is 19.5. The normalized spacial score (nSPS) is 17.9. The summed E-state index contributed by atoms with van der Waals surface area (Å²) < 4.78 is 31.2. The number of nitrogens with zero attached hydrogens (tertiary/aromatic N) is 3. The van der Waals surface area contributed by atoms with Crippen molar-refractivity contribution in [2.45, 2.75) is 13.0 Å². The van der Waals surface area contributed by atoms with E-state index in [4.69, 9.17) is 14.2 Å². The van der Waals surface area contributed by atoms with Crippen LogP contribution in [0.25, 0.3) is 0 Å². The van der Waals surface area contributed by atoms with Gasteiger partial charge in [-0.3, -0.25) is 19.2 Å². The first-order valence-electron chi connectivity index (χ1n) is 11.2. The lowest BCUT2D eigenvalue weighted by atomic mass is 10.1. The van der Waals surface area contributed by atoms with Crippen molar-refractivity contribution in [3.63, 3.8) is 0 Å². The fourth-order valence-corrected chi connectivity index (χ4v) is 3.75. The fourth-order valence-electron chi connectivity index (χ4n) is 3.75. The number of aromatic hydroxyl groups is 1. The van der Waals surface area contributed by atoms with Crippen LogP contribution in [-0.2, 0) is 20.8 Å². The summed E-state index contributed by atoms with van der Waals surface area (Å²) >= 11 is 0. The third-order valence-corrected chi connectivity index (χ3v) is 5.64. The zero-order valence-corrected chi connectivity index (χ0v) is 19.5. The second-order valence-corrected chi connectivity index (χ2v) is 8.11. The van der Waals surface area contributed by atoms with E-state index in [1.54, 1.807) is 0 Å². The molecule has 13 heteroatoms. The van der Waals surface area contributed by atoms with Crippen LogP contribution < -0.4 is 20.5 Å². The van der Waals surface area contributed by atoms with Crippen LogP contribution in [-0.4, -0.2) is 79.2 Å². The minimum atomic E-state index is -1.07. The molecule has 2 bridgehead atoms. The van der Waals surface area contributed by atoms with Crippen LogP contribution in [0, 0.1) is 5.82 Å². The van der Waals surface area contributed by atoms with Crippen LogP contribution in [0.15, 0.2) is 29.2 Å². The second kappa shape index (κ2) is 10.7. The van der Waals surface area contributed by atoms with Crippen LogP contribution in [0.3, 0.4) is 0 Å². The molecule has 0 unspecified atom stereocenters. The molecule has 0 spiro atoms. The van der Waals surface area contributed by atoms with E-state index in [-0.39, 0.29) is 58.4 Å². The van der Waals surface area contributed by atoms with Crippen LogP contribution in [0.4, 0.5) is 4.39 Å². The number of carbonyl (C=O) groups excluding carboxylic acids is 3. The van der Waals surface area contributed by atoms with Crippen molar-refractivity contribution in [3.05, 3.63) is 57.3 Å². The zero-order chi connectivity index (χ0) is 25.8. The molecule has 1 aromatic heterocycles. The lowest BCUT2D eigenvalue weighted by Gasteiger charge is -2.36. The van der Waals surface area contributed by atoms with Crippen molar-refractivity contribution in [2.75, 3.05) is 51.8 Å². The van der Waals surface area contributed by atoms with E-state index in [0.717, 1.165) is 26.8 Å². The Kier molecular flexibility index (Phi) is 7.50. The first-order chi connectivity index (χ1) is 17.3. The molecule has 4 rings (SSSR count). The monoisotopic (exact) mass is 504 g/mol. The molecule has 0 aliphatic carbocycles. The highest BCUT2D eigenvalue weighted by molar-refractivity contribution is 6.01. The van der Waals surface area contributed by atoms with E-state index in [1.807, 2.05) is 0 Å². The van der Waals surface area contributed by atoms with Gasteiger partial charge in [-0.15, -0.1) is 0 Å². The standard InChI is InChI=1S/C23H25FN4O8/c1-26-13-28-18(29)4-5-34-6-7-35-8-9-36-17-10-15(24)3-2-14(17)11-25-22(32)16-12-27(28)19(23(26)33)21(31)20(16)30/h2-3,10,12,31H,4-9,11,13H2,1H3,(H,25,32). The number of ether oxygens (including phenoxy) is 3. The number of pyridine rings is 1. The van der Waals surface area contributed by atoms with Crippen LogP contribution in [0.5, 0.6) is 11.5 Å². The maximum atomic E-state index is 13.8. The second-order valence-electron chi connectivity index (χ2n) is 8.11. The Morgan fingerprint density at radius 3 is 2.53 bits per heavy atom. The number of halogens is 1. The van der Waals surface area contributed by atoms with Crippen molar-refractivity contribution in [1.29, 1.82) is 0 Å². The predicted octanol–water partition coefficient (Wildman–Crippen LogP) is -0.0536. The number of hydrogen-bond acceptors (Lipinski definition) is 8. The van der Waals surface area contributed by atoms with Gasteiger partial charge in [-0.05, 0) is 6.07 Å². The van der Waals surface area contributed by atoms with Crippen molar-refractivity contribution >= 4 is 17.7 Å². The molecule has 3 heterocycles. The van der Waals surface area contributed by atoms with Crippen molar-refractivity contribution in [3.8, 4) is 11.5 Å². The maximum Gasteiger partial charge on any atom is 0.277 e. The van der Waals surface area contributed by atoms with Gasteiger partial charge in [0, 0.05) is 31.4 Å². The number of nitrogens with one attached hydrogen (secondary N) is 1. The van der Waals surface area contributed by atoms with E-state index in [1.165, 1.54) is 19.2 Å². The summed E-state index contributed by atoms with van der Waals surface area (Å²) in [6, 6.07) is 3.79. The third-order valence-electron chi connectivity index (χ3n) is 5.64. The number of aromatic nitrogens is 1. The number of benzene rings is 1.